The van der Waals surface area contributed by atoms with E-state index >= 15 is 0 Å². The summed E-state index contributed by atoms with van der Waals surface area (Å²) in [6, 6.07) is 20.4. The fourth-order valence-electron chi connectivity index (χ4n) is 3.43. The Morgan fingerprint density at radius 2 is 1.38 bits per heavy atom. The van der Waals surface area contributed by atoms with Crippen LogP contribution in [0.2, 0.25) is 5.04 Å². The summed E-state index contributed by atoms with van der Waals surface area (Å²) >= 11 is 0. The van der Waals surface area contributed by atoms with Crippen LogP contribution in [0.15, 0.2) is 72.8 Å². The monoisotopic (exact) mass is 432 g/mol. The lowest BCUT2D eigenvalue weighted by Crippen LogP contribution is -2.66. The normalized spacial score (nSPS) is 13.0. The molecule has 0 radical (unpaired) electrons. The van der Waals surface area contributed by atoms with Gasteiger partial charge in [-0.15, -0.1) is 0 Å². The van der Waals surface area contributed by atoms with Crippen molar-refractivity contribution in [3.63, 3.8) is 0 Å². The number of hydrogen-bond donors (Lipinski definition) is 0. The van der Waals surface area contributed by atoms with Crippen LogP contribution in [-0.2, 0) is 22.8 Å². The Morgan fingerprint density at radius 3 is 1.76 bits per heavy atom. The van der Waals surface area contributed by atoms with Gasteiger partial charge in [0.25, 0.3) is 13.8 Å². The SMILES string of the molecule is COP(=O)(OC)C(=O)/C=C/CO[Si](c1ccccc1)(c1ccccc1)C(C)(C)C. The second-order valence-electron chi connectivity index (χ2n) is 7.58. The second-order valence-corrected chi connectivity index (χ2v) is 14.0. The van der Waals surface area contributed by atoms with E-state index in [4.69, 9.17) is 13.5 Å². The van der Waals surface area contributed by atoms with Crippen LogP contribution < -0.4 is 10.4 Å². The van der Waals surface area contributed by atoms with Crippen LogP contribution in [0, 0.1) is 0 Å². The van der Waals surface area contributed by atoms with E-state index in [1.807, 2.05) is 36.4 Å². The molecular formula is C22H29O5PSi. The highest BCUT2D eigenvalue weighted by Crippen LogP contribution is 2.47. The molecule has 7 heteroatoms. The third-order valence-electron chi connectivity index (χ3n) is 4.82. The van der Waals surface area contributed by atoms with Gasteiger partial charge in [0, 0.05) is 14.2 Å². The van der Waals surface area contributed by atoms with Gasteiger partial charge in [-0.2, -0.15) is 0 Å². The van der Waals surface area contributed by atoms with Crippen molar-refractivity contribution in [2.45, 2.75) is 25.8 Å². The van der Waals surface area contributed by atoms with Crippen molar-refractivity contribution in [3.8, 4) is 0 Å². The molecule has 0 aliphatic heterocycles. The minimum absolute atomic E-state index is 0.165. The predicted octanol–water partition coefficient (Wildman–Crippen LogP) is 4.13. The Hall–Kier alpha value is -1.82. The standard InChI is InChI=1S/C22H29O5PSi/c1-22(2,3)29(19-13-8-6-9-14-19,20-15-10-7-11-16-20)27-18-12-17-21(23)28(24,25-4)26-5/h6-17H,18H2,1-5H3/b17-12+. The number of benzene rings is 2. The first kappa shape index (κ1) is 23.5. The van der Waals surface area contributed by atoms with Gasteiger partial charge >= 0.3 is 7.60 Å². The molecule has 5 nitrogen and oxygen atoms in total. The highest BCUT2D eigenvalue weighted by molar-refractivity contribution is 7.72. The minimum atomic E-state index is -3.77. The van der Waals surface area contributed by atoms with Crippen molar-refractivity contribution in [1.82, 2.24) is 0 Å². The molecule has 0 fully saturated rings. The Balaban J connectivity index is 2.41. The zero-order valence-electron chi connectivity index (χ0n) is 17.6. The zero-order chi connectivity index (χ0) is 21.5. The lowest BCUT2D eigenvalue weighted by molar-refractivity contribution is -0.109. The molecule has 0 bridgehead atoms. The van der Waals surface area contributed by atoms with E-state index < -0.39 is 21.4 Å². The first-order chi connectivity index (χ1) is 13.7. The largest absolute Gasteiger partial charge is 0.404 e. The molecule has 0 N–H and O–H groups in total. The third-order valence-corrected chi connectivity index (χ3v) is 11.5. The van der Waals surface area contributed by atoms with E-state index in [9.17, 15) is 9.36 Å². The molecule has 2 aromatic carbocycles. The van der Waals surface area contributed by atoms with Gasteiger partial charge < -0.3 is 13.5 Å². The first-order valence-corrected chi connectivity index (χ1v) is 12.8. The lowest BCUT2D eigenvalue weighted by Gasteiger charge is -2.42. The van der Waals surface area contributed by atoms with Gasteiger partial charge in [-0.25, -0.2) is 0 Å². The molecule has 2 rings (SSSR count). The zero-order valence-corrected chi connectivity index (χ0v) is 19.5. The van der Waals surface area contributed by atoms with Crippen molar-refractivity contribution < 1.29 is 22.8 Å². The molecule has 0 aliphatic rings. The molecule has 0 spiro atoms. The molecule has 0 saturated carbocycles. The molecule has 2 aromatic rings. The van der Waals surface area contributed by atoms with Gasteiger partial charge in [-0.1, -0.05) is 87.5 Å². The fraction of sp³-hybridized carbons (Fsp3) is 0.318. The van der Waals surface area contributed by atoms with Crippen molar-refractivity contribution >= 4 is 31.8 Å². The summed E-state index contributed by atoms with van der Waals surface area (Å²) in [5.41, 5.74) is -0.700. The van der Waals surface area contributed by atoms with Crippen molar-refractivity contribution in [2.24, 2.45) is 0 Å². The van der Waals surface area contributed by atoms with Gasteiger partial charge in [0.15, 0.2) is 0 Å². The Kier molecular flexibility index (Phi) is 7.92. The maximum atomic E-state index is 12.2. The van der Waals surface area contributed by atoms with Crippen LogP contribution >= 0.6 is 7.60 Å². The van der Waals surface area contributed by atoms with Crippen LogP contribution in [0.1, 0.15) is 20.8 Å². The third kappa shape index (κ3) is 5.03. The van der Waals surface area contributed by atoms with Gasteiger partial charge in [0.1, 0.15) is 0 Å². The molecule has 0 atom stereocenters. The van der Waals surface area contributed by atoms with Gasteiger partial charge in [0.2, 0.25) is 0 Å². The molecule has 0 unspecified atom stereocenters. The number of carbonyl (C=O) groups excluding carboxylic acids is 1. The second kappa shape index (κ2) is 9.79. The van der Waals surface area contributed by atoms with Crippen molar-refractivity contribution in [3.05, 3.63) is 72.8 Å². The molecule has 156 valence electrons. The fourth-order valence-corrected chi connectivity index (χ4v) is 8.73. The van der Waals surface area contributed by atoms with Crippen molar-refractivity contribution in [2.75, 3.05) is 20.8 Å². The van der Waals surface area contributed by atoms with Crippen LogP contribution in [-0.4, -0.2) is 34.7 Å². The van der Waals surface area contributed by atoms with Crippen LogP contribution in [0.3, 0.4) is 0 Å². The number of rotatable bonds is 9. The maximum absolute atomic E-state index is 12.2. The molecule has 0 aromatic heterocycles. The Morgan fingerprint density at radius 1 is 0.931 bits per heavy atom. The molecule has 0 amide bonds. The van der Waals surface area contributed by atoms with Crippen LogP contribution in [0.4, 0.5) is 0 Å². The lowest BCUT2D eigenvalue weighted by atomic mass is 10.2. The van der Waals surface area contributed by atoms with E-state index in [1.54, 1.807) is 6.08 Å². The average molecular weight is 433 g/mol. The molecule has 0 aliphatic carbocycles. The molecule has 0 saturated heterocycles. The predicted molar refractivity (Wildman–Crippen MR) is 119 cm³/mol. The van der Waals surface area contributed by atoms with Crippen molar-refractivity contribution in [1.29, 1.82) is 0 Å². The minimum Gasteiger partial charge on any atom is -0.404 e. The number of hydrogen-bond acceptors (Lipinski definition) is 5. The van der Waals surface area contributed by atoms with E-state index in [0.717, 1.165) is 10.4 Å². The number of carbonyl (C=O) groups is 1. The quantitative estimate of drug-likeness (QED) is 0.339. The summed E-state index contributed by atoms with van der Waals surface area (Å²) in [7, 11) is -4.07. The summed E-state index contributed by atoms with van der Waals surface area (Å²) in [5, 5.41) is 2.14. The summed E-state index contributed by atoms with van der Waals surface area (Å²) in [6.45, 7) is 6.74. The topological polar surface area (TPSA) is 61.8 Å². The maximum Gasteiger partial charge on any atom is 0.400 e. The van der Waals surface area contributed by atoms with E-state index in [2.05, 4.69) is 45.0 Å². The van der Waals surface area contributed by atoms with Gasteiger partial charge in [-0.3, -0.25) is 9.36 Å². The Bertz CT molecular complexity index is 828. The van der Waals surface area contributed by atoms with Crippen LogP contribution in [0.5, 0.6) is 0 Å². The molecule has 29 heavy (non-hydrogen) atoms. The summed E-state index contributed by atoms with van der Waals surface area (Å²) in [5.74, 6) is 0. The molecular weight excluding hydrogens is 403 g/mol. The number of allylic oxidation sites excluding steroid dienone is 1. The smallest absolute Gasteiger partial charge is 0.400 e. The van der Waals surface area contributed by atoms with E-state index in [-0.39, 0.29) is 11.6 Å². The van der Waals surface area contributed by atoms with E-state index in [1.165, 1.54) is 20.3 Å². The molecule has 0 heterocycles. The average Bonchev–Trinajstić information content (AvgIpc) is 2.73. The Labute approximate surface area is 174 Å². The summed E-state index contributed by atoms with van der Waals surface area (Å²) in [6.07, 6.45) is 2.79. The first-order valence-electron chi connectivity index (χ1n) is 9.39. The highest BCUT2D eigenvalue weighted by atomic mass is 31.2. The van der Waals surface area contributed by atoms with Gasteiger partial charge in [-0.05, 0) is 21.5 Å². The van der Waals surface area contributed by atoms with Gasteiger partial charge in [0.05, 0.1) is 6.61 Å². The van der Waals surface area contributed by atoms with Crippen LogP contribution in [0.25, 0.3) is 0 Å². The summed E-state index contributed by atoms with van der Waals surface area (Å²) in [4.78, 5) is 12.1. The highest BCUT2D eigenvalue weighted by Gasteiger charge is 2.49. The van der Waals surface area contributed by atoms with E-state index in [0.29, 0.717) is 0 Å². The summed E-state index contributed by atoms with van der Waals surface area (Å²) < 4.78 is 28.3.